The van der Waals surface area contributed by atoms with Gasteiger partial charge in [-0.15, -0.1) is 0 Å². The van der Waals surface area contributed by atoms with Gasteiger partial charge in [0.15, 0.2) is 0 Å². The molecule has 5 heteroatoms. The van der Waals surface area contributed by atoms with Gasteiger partial charge in [0.2, 0.25) is 0 Å². The van der Waals surface area contributed by atoms with Gasteiger partial charge in [0.1, 0.15) is 11.5 Å². The van der Waals surface area contributed by atoms with Crippen LogP contribution in [0.5, 0.6) is 0 Å². The fourth-order valence-corrected chi connectivity index (χ4v) is 3.79. The van der Waals surface area contributed by atoms with Crippen molar-refractivity contribution in [2.45, 2.75) is 19.4 Å². The van der Waals surface area contributed by atoms with Crippen LogP contribution in [0.25, 0.3) is 16.9 Å². The second kappa shape index (κ2) is 6.60. The molecule has 2 aromatic carbocycles. The Bertz CT molecular complexity index is 1180. The largest absolute Gasteiger partial charge is 0.301 e. The van der Waals surface area contributed by atoms with Crippen LogP contribution in [-0.4, -0.2) is 15.1 Å². The zero-order chi connectivity index (χ0) is 19.1. The molecular formula is C23H19FN4. The number of pyridine rings is 1. The van der Waals surface area contributed by atoms with Gasteiger partial charge >= 0.3 is 0 Å². The molecule has 0 radical (unpaired) electrons. The van der Waals surface area contributed by atoms with Crippen LogP contribution in [0, 0.1) is 12.7 Å². The third-order valence-corrected chi connectivity index (χ3v) is 5.19. The molecule has 1 aliphatic heterocycles. The predicted octanol–water partition coefficient (Wildman–Crippen LogP) is 4.89. The minimum absolute atomic E-state index is 0.00735. The molecule has 28 heavy (non-hydrogen) atoms. The topological polar surface area (TPSA) is 41.7 Å². The Kier molecular flexibility index (Phi) is 3.93. The van der Waals surface area contributed by atoms with Crippen LogP contribution in [0.2, 0.25) is 0 Å². The van der Waals surface area contributed by atoms with Crippen molar-refractivity contribution >= 4 is 11.4 Å². The molecule has 1 aliphatic rings. The second-order valence-electron chi connectivity index (χ2n) is 7.05. The number of fused-ring (bicyclic) bond motifs is 1. The van der Waals surface area contributed by atoms with Crippen LogP contribution >= 0.6 is 0 Å². The zero-order valence-corrected chi connectivity index (χ0v) is 15.4. The summed E-state index contributed by atoms with van der Waals surface area (Å²) in [5.41, 5.74) is 10.2. The summed E-state index contributed by atoms with van der Waals surface area (Å²) in [6.07, 6.45) is 2.79. The molecule has 0 saturated carbocycles. The number of imidazole rings is 1. The van der Waals surface area contributed by atoms with E-state index >= 15 is 0 Å². The third kappa shape index (κ3) is 2.76. The van der Waals surface area contributed by atoms with Gasteiger partial charge < -0.3 is 9.83 Å². The van der Waals surface area contributed by atoms with Crippen molar-refractivity contribution in [2.75, 3.05) is 0 Å². The minimum Gasteiger partial charge on any atom is -0.301 e. The SMILES string of the molecule is Cc1cccn2c(C3CC(c4ccccc4)=NN3)c(-c3ccc(F)cc3)nc12. The quantitative estimate of drug-likeness (QED) is 0.558. The van der Waals surface area contributed by atoms with Crippen molar-refractivity contribution in [1.82, 2.24) is 14.8 Å². The molecule has 0 aliphatic carbocycles. The standard InChI is InChI=1S/C23H19FN4/c1-15-6-5-13-28-22(20-14-19(26-27-20)16-7-3-2-4-8-16)21(25-23(15)28)17-9-11-18(24)12-10-17/h2-13,20,27H,14H2,1H3. The van der Waals surface area contributed by atoms with Gasteiger partial charge in [0.05, 0.1) is 23.1 Å². The van der Waals surface area contributed by atoms with Gasteiger partial charge in [0.25, 0.3) is 0 Å². The molecule has 0 spiro atoms. The highest BCUT2D eigenvalue weighted by Gasteiger charge is 2.28. The highest BCUT2D eigenvalue weighted by molar-refractivity contribution is 6.01. The van der Waals surface area contributed by atoms with E-state index in [9.17, 15) is 4.39 Å². The van der Waals surface area contributed by atoms with Crippen molar-refractivity contribution in [2.24, 2.45) is 5.10 Å². The first-order valence-corrected chi connectivity index (χ1v) is 9.32. The highest BCUT2D eigenvalue weighted by atomic mass is 19.1. The maximum atomic E-state index is 13.5. The fraction of sp³-hybridized carbons (Fsp3) is 0.130. The Morgan fingerprint density at radius 1 is 0.964 bits per heavy atom. The molecule has 4 nitrogen and oxygen atoms in total. The summed E-state index contributed by atoms with van der Waals surface area (Å²) in [4.78, 5) is 4.90. The summed E-state index contributed by atoms with van der Waals surface area (Å²) >= 11 is 0. The van der Waals surface area contributed by atoms with Gasteiger partial charge in [0, 0.05) is 18.2 Å². The maximum absolute atomic E-state index is 13.5. The van der Waals surface area contributed by atoms with E-state index in [4.69, 9.17) is 4.98 Å². The van der Waals surface area contributed by atoms with Gasteiger partial charge in [-0.05, 0) is 48.4 Å². The molecule has 1 unspecified atom stereocenters. The number of halogens is 1. The first-order valence-electron chi connectivity index (χ1n) is 9.32. The number of hydrogen-bond acceptors (Lipinski definition) is 3. The maximum Gasteiger partial charge on any atom is 0.140 e. The number of rotatable bonds is 3. The fourth-order valence-electron chi connectivity index (χ4n) is 3.79. The summed E-state index contributed by atoms with van der Waals surface area (Å²) in [7, 11) is 0. The first-order chi connectivity index (χ1) is 13.7. The summed E-state index contributed by atoms with van der Waals surface area (Å²) in [5, 5.41) is 4.59. The summed E-state index contributed by atoms with van der Waals surface area (Å²) in [6, 6.07) is 20.8. The molecule has 1 atom stereocenters. The number of aromatic nitrogens is 2. The van der Waals surface area contributed by atoms with E-state index in [1.807, 2.05) is 30.5 Å². The molecule has 1 N–H and O–H groups in total. The Morgan fingerprint density at radius 2 is 1.75 bits per heavy atom. The van der Waals surface area contributed by atoms with Gasteiger partial charge in [-0.2, -0.15) is 5.10 Å². The predicted molar refractivity (Wildman–Crippen MR) is 109 cm³/mol. The lowest BCUT2D eigenvalue weighted by atomic mass is 9.99. The van der Waals surface area contributed by atoms with Crippen LogP contribution in [-0.2, 0) is 0 Å². The average Bonchev–Trinajstić information content (AvgIpc) is 3.35. The number of aryl methyl sites for hydroxylation is 1. The van der Waals surface area contributed by atoms with Gasteiger partial charge in [-0.3, -0.25) is 0 Å². The van der Waals surface area contributed by atoms with Crippen LogP contribution in [0.3, 0.4) is 0 Å². The Balaban J connectivity index is 1.62. The Hall–Kier alpha value is -3.47. The van der Waals surface area contributed by atoms with Crippen LogP contribution < -0.4 is 5.43 Å². The number of benzene rings is 2. The average molecular weight is 370 g/mol. The summed E-state index contributed by atoms with van der Waals surface area (Å²) in [6.45, 7) is 2.05. The number of nitrogens with one attached hydrogen (secondary N) is 1. The Morgan fingerprint density at radius 3 is 2.54 bits per heavy atom. The number of hydrazone groups is 1. The van der Waals surface area contributed by atoms with Crippen molar-refractivity contribution in [3.05, 3.63) is 95.6 Å². The van der Waals surface area contributed by atoms with Crippen molar-refractivity contribution < 1.29 is 4.39 Å². The summed E-state index contributed by atoms with van der Waals surface area (Å²) < 4.78 is 15.6. The van der Waals surface area contributed by atoms with Crippen molar-refractivity contribution in [1.29, 1.82) is 0 Å². The zero-order valence-electron chi connectivity index (χ0n) is 15.4. The van der Waals surface area contributed by atoms with Crippen molar-refractivity contribution in [3.63, 3.8) is 0 Å². The molecule has 0 bridgehead atoms. The molecule has 3 heterocycles. The lowest BCUT2D eigenvalue weighted by Crippen LogP contribution is -2.13. The van der Waals surface area contributed by atoms with E-state index in [-0.39, 0.29) is 11.9 Å². The number of nitrogens with zero attached hydrogens (tertiary/aromatic N) is 3. The van der Waals surface area contributed by atoms with Gasteiger partial charge in [-0.25, -0.2) is 9.37 Å². The lowest BCUT2D eigenvalue weighted by molar-refractivity contribution is 0.599. The van der Waals surface area contributed by atoms with E-state index in [1.165, 1.54) is 12.1 Å². The van der Waals surface area contributed by atoms with E-state index in [2.05, 4.69) is 40.1 Å². The van der Waals surface area contributed by atoms with Crippen molar-refractivity contribution in [3.8, 4) is 11.3 Å². The van der Waals surface area contributed by atoms with Crippen LogP contribution in [0.4, 0.5) is 4.39 Å². The molecule has 5 rings (SSSR count). The normalized spacial score (nSPS) is 16.2. The van der Waals surface area contributed by atoms with E-state index < -0.39 is 0 Å². The second-order valence-corrected chi connectivity index (χ2v) is 7.05. The molecule has 0 saturated heterocycles. The molecule has 4 aromatic rings. The Labute approximate surface area is 162 Å². The van der Waals surface area contributed by atoms with E-state index in [0.29, 0.717) is 0 Å². The first kappa shape index (κ1) is 16.7. The lowest BCUT2D eigenvalue weighted by Gasteiger charge is -2.13. The highest BCUT2D eigenvalue weighted by Crippen LogP contribution is 2.34. The van der Waals surface area contributed by atoms with E-state index in [0.717, 1.165) is 45.9 Å². The third-order valence-electron chi connectivity index (χ3n) is 5.19. The van der Waals surface area contributed by atoms with E-state index in [1.54, 1.807) is 12.1 Å². The van der Waals surface area contributed by atoms with Gasteiger partial charge in [-0.1, -0.05) is 36.4 Å². The smallest absolute Gasteiger partial charge is 0.140 e. The van der Waals surface area contributed by atoms with Crippen LogP contribution in [0.15, 0.2) is 78.0 Å². The monoisotopic (exact) mass is 370 g/mol. The molecule has 0 fully saturated rings. The molecular weight excluding hydrogens is 351 g/mol. The number of hydrogen-bond donors (Lipinski definition) is 1. The van der Waals surface area contributed by atoms with Crippen LogP contribution in [0.1, 0.15) is 29.3 Å². The molecule has 0 amide bonds. The summed E-state index contributed by atoms with van der Waals surface area (Å²) in [5.74, 6) is -0.251. The molecule has 2 aromatic heterocycles. The minimum atomic E-state index is -0.251. The molecule has 138 valence electrons.